The molecule has 0 aliphatic carbocycles. The third-order valence-corrected chi connectivity index (χ3v) is 2.06. The van der Waals surface area contributed by atoms with Crippen molar-refractivity contribution < 1.29 is 19.5 Å². The second-order valence-corrected chi connectivity index (χ2v) is 4.00. The third kappa shape index (κ3) is 4.79. The molecule has 0 fully saturated rings. The van der Waals surface area contributed by atoms with E-state index in [0.717, 1.165) is 6.54 Å². The second kappa shape index (κ2) is 6.12. The Bertz CT molecular complexity index is 333. The van der Waals surface area contributed by atoms with Crippen LogP contribution in [0.15, 0.2) is 24.3 Å². The van der Waals surface area contributed by atoms with Gasteiger partial charge in [-0.3, -0.25) is 0 Å². The van der Waals surface area contributed by atoms with Gasteiger partial charge in [0.15, 0.2) is 0 Å². The maximum atomic E-state index is 10.2. The SMILES string of the molecule is C[NH+](C)Cc1ccc(OCCC(=O)[O-])cc1. The standard InChI is InChI=1S/C12H17NO3/c1-13(2)9-10-3-5-11(6-4-10)16-8-7-12(14)15/h3-6H,7-9H2,1-2H3,(H,14,15). The summed E-state index contributed by atoms with van der Waals surface area (Å²) < 4.78 is 5.25. The predicted molar refractivity (Wildman–Crippen MR) is 58.1 cm³/mol. The molecule has 0 aromatic heterocycles. The Kier molecular flexibility index (Phi) is 4.79. The smallest absolute Gasteiger partial charge is 0.119 e. The highest BCUT2D eigenvalue weighted by molar-refractivity contribution is 5.64. The third-order valence-electron chi connectivity index (χ3n) is 2.06. The van der Waals surface area contributed by atoms with Gasteiger partial charge in [-0.2, -0.15) is 0 Å². The van der Waals surface area contributed by atoms with Gasteiger partial charge in [0.2, 0.25) is 0 Å². The van der Waals surface area contributed by atoms with Crippen molar-refractivity contribution in [3.8, 4) is 5.75 Å². The van der Waals surface area contributed by atoms with E-state index in [0.29, 0.717) is 5.75 Å². The fourth-order valence-corrected chi connectivity index (χ4v) is 1.36. The molecule has 1 rings (SSSR count). The minimum Gasteiger partial charge on any atom is -0.550 e. The molecule has 4 nitrogen and oxygen atoms in total. The lowest BCUT2D eigenvalue weighted by molar-refractivity contribution is -0.872. The molecule has 0 atom stereocenters. The highest BCUT2D eigenvalue weighted by Crippen LogP contribution is 2.11. The maximum Gasteiger partial charge on any atom is 0.119 e. The summed E-state index contributed by atoms with van der Waals surface area (Å²) in [6, 6.07) is 7.68. The number of ether oxygens (including phenoxy) is 1. The van der Waals surface area contributed by atoms with E-state index in [1.165, 1.54) is 10.5 Å². The van der Waals surface area contributed by atoms with Crippen LogP contribution in [0.25, 0.3) is 0 Å². The Balaban J connectivity index is 2.42. The van der Waals surface area contributed by atoms with Crippen molar-refractivity contribution >= 4 is 5.97 Å². The van der Waals surface area contributed by atoms with Gasteiger partial charge in [-0.05, 0) is 24.3 Å². The first kappa shape index (κ1) is 12.5. The summed E-state index contributed by atoms with van der Waals surface area (Å²) in [5.41, 5.74) is 1.23. The van der Waals surface area contributed by atoms with E-state index in [1.807, 2.05) is 24.3 Å². The van der Waals surface area contributed by atoms with E-state index in [-0.39, 0.29) is 13.0 Å². The number of carboxylic acids is 1. The van der Waals surface area contributed by atoms with Crippen molar-refractivity contribution in [3.63, 3.8) is 0 Å². The molecular formula is C12H17NO3. The maximum absolute atomic E-state index is 10.2. The lowest BCUT2D eigenvalue weighted by atomic mass is 10.2. The zero-order chi connectivity index (χ0) is 12.0. The fourth-order valence-electron chi connectivity index (χ4n) is 1.36. The van der Waals surface area contributed by atoms with Gasteiger partial charge in [-0.15, -0.1) is 0 Å². The molecule has 0 heterocycles. The number of hydrogen-bond acceptors (Lipinski definition) is 3. The summed E-state index contributed by atoms with van der Waals surface area (Å²) in [5.74, 6) is -0.397. The fraction of sp³-hybridized carbons (Fsp3) is 0.417. The van der Waals surface area contributed by atoms with Crippen molar-refractivity contribution in [2.24, 2.45) is 0 Å². The quantitative estimate of drug-likeness (QED) is 0.662. The molecule has 0 amide bonds. The molecule has 0 saturated carbocycles. The van der Waals surface area contributed by atoms with Gasteiger partial charge < -0.3 is 19.5 Å². The first-order chi connectivity index (χ1) is 7.58. The van der Waals surface area contributed by atoms with Crippen LogP contribution in [0.4, 0.5) is 0 Å². The van der Waals surface area contributed by atoms with E-state index < -0.39 is 5.97 Å². The number of quaternary nitrogens is 1. The summed E-state index contributed by atoms with van der Waals surface area (Å²) in [5, 5.41) is 10.2. The number of carboxylic acid groups (broad SMARTS) is 1. The van der Waals surface area contributed by atoms with Crippen LogP contribution in [0.1, 0.15) is 12.0 Å². The number of hydrogen-bond donors (Lipinski definition) is 1. The van der Waals surface area contributed by atoms with Crippen LogP contribution in [0.3, 0.4) is 0 Å². The first-order valence-electron chi connectivity index (χ1n) is 5.28. The minimum atomic E-state index is -1.09. The number of benzene rings is 1. The molecule has 1 aromatic rings. The number of aliphatic carboxylic acids is 1. The Hall–Kier alpha value is -1.55. The lowest BCUT2D eigenvalue weighted by Crippen LogP contribution is -3.04. The molecule has 1 N–H and O–H groups in total. The predicted octanol–water partition coefficient (Wildman–Crippen LogP) is -1.15. The van der Waals surface area contributed by atoms with Gasteiger partial charge in [-0.1, -0.05) is 0 Å². The van der Waals surface area contributed by atoms with E-state index in [4.69, 9.17) is 4.74 Å². The summed E-state index contributed by atoms with van der Waals surface area (Å²) in [6.07, 6.45) is -0.0798. The van der Waals surface area contributed by atoms with Crippen LogP contribution in [0.5, 0.6) is 5.75 Å². The molecule has 0 aliphatic heterocycles. The summed E-state index contributed by atoms with van der Waals surface area (Å²) in [7, 11) is 4.18. The molecule has 0 radical (unpaired) electrons. The average Bonchev–Trinajstić information content (AvgIpc) is 2.19. The molecule has 0 aliphatic rings. The second-order valence-electron chi connectivity index (χ2n) is 4.00. The number of carbonyl (C=O) groups excluding carboxylic acids is 1. The van der Waals surface area contributed by atoms with Crippen LogP contribution in [-0.4, -0.2) is 26.7 Å². The van der Waals surface area contributed by atoms with Gasteiger partial charge in [0.05, 0.1) is 20.7 Å². The van der Waals surface area contributed by atoms with Crippen LogP contribution in [0.2, 0.25) is 0 Å². The number of carbonyl (C=O) groups is 1. The first-order valence-corrected chi connectivity index (χ1v) is 5.28. The van der Waals surface area contributed by atoms with E-state index in [9.17, 15) is 9.90 Å². The molecule has 1 aromatic carbocycles. The monoisotopic (exact) mass is 223 g/mol. The van der Waals surface area contributed by atoms with E-state index in [1.54, 1.807) is 0 Å². The zero-order valence-electron chi connectivity index (χ0n) is 9.66. The van der Waals surface area contributed by atoms with Crippen molar-refractivity contribution in [1.29, 1.82) is 0 Å². The summed E-state index contributed by atoms with van der Waals surface area (Å²) in [6.45, 7) is 1.11. The average molecular weight is 223 g/mol. The normalized spacial score (nSPS) is 10.4. The zero-order valence-corrected chi connectivity index (χ0v) is 9.66. The summed E-state index contributed by atoms with van der Waals surface area (Å²) >= 11 is 0. The molecule has 0 saturated heterocycles. The summed E-state index contributed by atoms with van der Waals surface area (Å²) in [4.78, 5) is 11.5. The van der Waals surface area contributed by atoms with Gasteiger partial charge in [-0.25, -0.2) is 0 Å². The molecule has 4 heteroatoms. The van der Waals surface area contributed by atoms with Crippen LogP contribution in [-0.2, 0) is 11.3 Å². The van der Waals surface area contributed by atoms with Crippen molar-refractivity contribution in [2.75, 3.05) is 20.7 Å². The molecule has 0 unspecified atom stereocenters. The van der Waals surface area contributed by atoms with Gasteiger partial charge in [0.1, 0.15) is 12.3 Å². The molecular weight excluding hydrogens is 206 g/mol. The van der Waals surface area contributed by atoms with Gasteiger partial charge >= 0.3 is 0 Å². The van der Waals surface area contributed by atoms with E-state index in [2.05, 4.69) is 14.1 Å². The Morgan fingerprint density at radius 1 is 1.31 bits per heavy atom. The van der Waals surface area contributed by atoms with Crippen LogP contribution < -0.4 is 14.7 Å². The largest absolute Gasteiger partial charge is 0.550 e. The molecule has 88 valence electrons. The van der Waals surface area contributed by atoms with Crippen molar-refractivity contribution in [3.05, 3.63) is 29.8 Å². The Morgan fingerprint density at radius 2 is 1.94 bits per heavy atom. The Morgan fingerprint density at radius 3 is 2.44 bits per heavy atom. The van der Waals surface area contributed by atoms with Crippen LogP contribution >= 0.6 is 0 Å². The highest BCUT2D eigenvalue weighted by Gasteiger charge is 1.99. The minimum absolute atomic E-state index is 0.0798. The Labute approximate surface area is 95.5 Å². The number of nitrogens with one attached hydrogen (secondary N) is 1. The van der Waals surface area contributed by atoms with Crippen LogP contribution in [0, 0.1) is 0 Å². The van der Waals surface area contributed by atoms with Crippen molar-refractivity contribution in [2.45, 2.75) is 13.0 Å². The topological polar surface area (TPSA) is 53.8 Å². The van der Waals surface area contributed by atoms with Gasteiger partial charge in [0.25, 0.3) is 0 Å². The highest BCUT2D eigenvalue weighted by atomic mass is 16.5. The lowest BCUT2D eigenvalue weighted by Gasteiger charge is -2.09. The molecule has 0 bridgehead atoms. The van der Waals surface area contributed by atoms with E-state index >= 15 is 0 Å². The molecule has 16 heavy (non-hydrogen) atoms. The van der Waals surface area contributed by atoms with Gasteiger partial charge in [0, 0.05) is 18.0 Å². The molecule has 0 spiro atoms. The number of rotatable bonds is 6. The van der Waals surface area contributed by atoms with Crippen molar-refractivity contribution in [1.82, 2.24) is 0 Å².